The van der Waals surface area contributed by atoms with E-state index in [0.29, 0.717) is 0 Å². The Bertz CT molecular complexity index is 462. The zero-order chi connectivity index (χ0) is 9.42. The van der Waals surface area contributed by atoms with Crippen LogP contribution in [-0.4, -0.2) is 0 Å². The zero-order valence-electron chi connectivity index (χ0n) is 6.52. The quantitative estimate of drug-likeness (QED) is 0.584. The number of hydrogen-bond donors (Lipinski definition) is 0. The van der Waals surface area contributed by atoms with Gasteiger partial charge in [0, 0.05) is 13.1 Å². The largest absolute Gasteiger partial charge is 0.0843 e. The summed E-state index contributed by atoms with van der Waals surface area (Å²) in [5.74, 6) is 0. The van der Waals surface area contributed by atoms with E-state index in [0.717, 1.165) is 9.50 Å². The van der Waals surface area contributed by atoms with Gasteiger partial charge in [0.2, 0.25) is 0 Å². The van der Waals surface area contributed by atoms with Crippen molar-refractivity contribution < 1.29 is 0 Å². The molecule has 0 aliphatic rings. The van der Waals surface area contributed by atoms with Crippen molar-refractivity contribution in [1.82, 2.24) is 0 Å². The minimum Gasteiger partial charge on any atom is -0.0843 e. The van der Waals surface area contributed by atoms with Crippen LogP contribution in [0.1, 0.15) is 0 Å². The molecular formula is C10H5BrClI. The number of halogens is 3. The first-order valence-corrected chi connectivity index (χ1v) is 5.96. The monoisotopic (exact) mass is 366 g/mol. The van der Waals surface area contributed by atoms with Crippen molar-refractivity contribution in [2.24, 2.45) is 0 Å². The summed E-state index contributed by atoms with van der Waals surface area (Å²) in [6, 6.07) is 10.1. The average molecular weight is 367 g/mol. The number of hydrogen-bond acceptors (Lipinski definition) is 0. The second-order valence-corrected chi connectivity index (χ2v) is 5.27. The summed E-state index contributed by atoms with van der Waals surface area (Å²) in [5.41, 5.74) is 0. The Balaban J connectivity index is 2.86. The maximum absolute atomic E-state index is 5.91. The van der Waals surface area contributed by atoms with E-state index in [2.05, 4.69) is 50.7 Å². The molecule has 0 unspecified atom stereocenters. The Morgan fingerprint density at radius 2 is 1.92 bits per heavy atom. The van der Waals surface area contributed by atoms with E-state index in [-0.39, 0.29) is 0 Å². The predicted molar refractivity (Wildman–Crippen MR) is 69.4 cm³/mol. The highest BCUT2D eigenvalue weighted by Gasteiger charge is 2.00. The Morgan fingerprint density at radius 1 is 1.15 bits per heavy atom. The summed E-state index contributed by atoms with van der Waals surface area (Å²) in [6.45, 7) is 0. The number of fused-ring (bicyclic) bond motifs is 1. The molecule has 0 aliphatic carbocycles. The van der Waals surface area contributed by atoms with E-state index in [4.69, 9.17) is 11.6 Å². The van der Waals surface area contributed by atoms with E-state index in [1.807, 2.05) is 18.2 Å². The van der Waals surface area contributed by atoms with Crippen LogP contribution in [0.15, 0.2) is 34.8 Å². The summed E-state index contributed by atoms with van der Waals surface area (Å²) < 4.78 is 2.32. The zero-order valence-corrected chi connectivity index (χ0v) is 11.0. The standard InChI is InChI=1S/C10H5BrClI/c11-7-3-6-4-8(12)1-2-9(6)10(13)5-7/h1-5H. The van der Waals surface area contributed by atoms with Gasteiger partial charge in [-0.2, -0.15) is 0 Å². The first-order chi connectivity index (χ1) is 6.16. The molecule has 0 saturated heterocycles. The Hall–Kier alpha value is 0.200. The van der Waals surface area contributed by atoms with E-state index >= 15 is 0 Å². The minimum atomic E-state index is 0.779. The first kappa shape index (κ1) is 9.74. The van der Waals surface area contributed by atoms with Gasteiger partial charge in [-0.3, -0.25) is 0 Å². The highest BCUT2D eigenvalue weighted by molar-refractivity contribution is 14.1. The van der Waals surface area contributed by atoms with Crippen molar-refractivity contribution in [1.29, 1.82) is 0 Å². The molecule has 0 bridgehead atoms. The molecule has 0 atom stereocenters. The minimum absolute atomic E-state index is 0.779. The molecule has 13 heavy (non-hydrogen) atoms. The normalized spacial score (nSPS) is 10.7. The van der Waals surface area contributed by atoms with Gasteiger partial charge in [0.15, 0.2) is 0 Å². The highest BCUT2D eigenvalue weighted by atomic mass is 127. The van der Waals surface area contributed by atoms with Gasteiger partial charge in [0.05, 0.1) is 0 Å². The molecule has 0 spiro atoms. The maximum atomic E-state index is 5.91. The van der Waals surface area contributed by atoms with Crippen LogP contribution in [-0.2, 0) is 0 Å². The fraction of sp³-hybridized carbons (Fsp3) is 0. The van der Waals surface area contributed by atoms with E-state index in [1.165, 1.54) is 14.3 Å². The van der Waals surface area contributed by atoms with Crippen LogP contribution in [0, 0.1) is 3.57 Å². The Kier molecular flexibility index (Phi) is 2.81. The molecule has 0 radical (unpaired) electrons. The summed E-state index contributed by atoms with van der Waals surface area (Å²) in [4.78, 5) is 0. The van der Waals surface area contributed by atoms with Crippen molar-refractivity contribution in [3.05, 3.63) is 43.4 Å². The van der Waals surface area contributed by atoms with Gasteiger partial charge in [0.25, 0.3) is 0 Å². The lowest BCUT2D eigenvalue weighted by Crippen LogP contribution is -1.78. The second-order valence-electron chi connectivity index (χ2n) is 2.75. The van der Waals surface area contributed by atoms with Crippen LogP contribution in [0.4, 0.5) is 0 Å². The van der Waals surface area contributed by atoms with Crippen LogP contribution in [0.25, 0.3) is 10.8 Å². The lowest BCUT2D eigenvalue weighted by molar-refractivity contribution is 1.66. The van der Waals surface area contributed by atoms with Gasteiger partial charge in [0.1, 0.15) is 0 Å². The molecule has 0 heterocycles. The first-order valence-electron chi connectivity index (χ1n) is 3.71. The van der Waals surface area contributed by atoms with Crippen LogP contribution < -0.4 is 0 Å². The van der Waals surface area contributed by atoms with Crippen molar-refractivity contribution in [3.63, 3.8) is 0 Å². The molecule has 2 aromatic carbocycles. The SMILES string of the molecule is Clc1ccc2c(I)cc(Br)cc2c1. The molecule has 0 saturated carbocycles. The third-order valence-electron chi connectivity index (χ3n) is 1.83. The van der Waals surface area contributed by atoms with Gasteiger partial charge in [-0.25, -0.2) is 0 Å². The van der Waals surface area contributed by atoms with E-state index in [9.17, 15) is 0 Å². The van der Waals surface area contributed by atoms with Crippen molar-refractivity contribution in [3.8, 4) is 0 Å². The summed E-state index contributed by atoms with van der Waals surface area (Å²) in [6.07, 6.45) is 0. The highest BCUT2D eigenvalue weighted by Crippen LogP contribution is 2.27. The van der Waals surface area contributed by atoms with E-state index in [1.54, 1.807) is 0 Å². The molecule has 0 fully saturated rings. The predicted octanol–water partition coefficient (Wildman–Crippen LogP) is 4.86. The number of benzene rings is 2. The number of rotatable bonds is 0. The van der Waals surface area contributed by atoms with Crippen molar-refractivity contribution >= 4 is 60.9 Å². The third-order valence-corrected chi connectivity index (χ3v) is 3.41. The van der Waals surface area contributed by atoms with Gasteiger partial charge in [-0.05, 0) is 57.6 Å². The van der Waals surface area contributed by atoms with Crippen LogP contribution in [0.3, 0.4) is 0 Å². The van der Waals surface area contributed by atoms with Crippen LogP contribution in [0.2, 0.25) is 5.02 Å². The van der Waals surface area contributed by atoms with E-state index < -0.39 is 0 Å². The van der Waals surface area contributed by atoms with Crippen molar-refractivity contribution in [2.45, 2.75) is 0 Å². The Labute approximate surface area is 104 Å². The van der Waals surface area contributed by atoms with Gasteiger partial charge in [-0.1, -0.05) is 33.6 Å². The Morgan fingerprint density at radius 3 is 2.69 bits per heavy atom. The molecule has 66 valence electrons. The molecule has 0 amide bonds. The van der Waals surface area contributed by atoms with Gasteiger partial charge in [-0.15, -0.1) is 0 Å². The fourth-order valence-electron chi connectivity index (χ4n) is 1.26. The fourth-order valence-corrected chi connectivity index (χ4v) is 3.17. The third kappa shape index (κ3) is 2.00. The lowest BCUT2D eigenvalue weighted by atomic mass is 10.1. The average Bonchev–Trinajstić information content (AvgIpc) is 2.02. The summed E-state index contributed by atoms with van der Waals surface area (Å²) in [7, 11) is 0. The summed E-state index contributed by atoms with van der Waals surface area (Å²) in [5, 5.41) is 3.20. The molecule has 0 aromatic heterocycles. The smallest absolute Gasteiger partial charge is 0.0412 e. The molecule has 2 rings (SSSR count). The molecule has 0 N–H and O–H groups in total. The van der Waals surface area contributed by atoms with Gasteiger partial charge < -0.3 is 0 Å². The molecule has 0 nitrogen and oxygen atoms in total. The molecule has 2 aromatic rings. The molecule has 0 aliphatic heterocycles. The lowest BCUT2D eigenvalue weighted by Gasteiger charge is -2.02. The second kappa shape index (κ2) is 3.75. The maximum Gasteiger partial charge on any atom is 0.0412 e. The van der Waals surface area contributed by atoms with Crippen LogP contribution in [0.5, 0.6) is 0 Å². The van der Waals surface area contributed by atoms with Gasteiger partial charge >= 0.3 is 0 Å². The summed E-state index contributed by atoms with van der Waals surface area (Å²) >= 11 is 11.7. The van der Waals surface area contributed by atoms with Crippen LogP contribution >= 0.6 is 50.1 Å². The topological polar surface area (TPSA) is 0 Å². The molecular weight excluding hydrogens is 362 g/mol. The molecule has 3 heteroatoms. The van der Waals surface area contributed by atoms with Crippen molar-refractivity contribution in [2.75, 3.05) is 0 Å².